The summed E-state index contributed by atoms with van der Waals surface area (Å²) < 4.78 is 0. The van der Waals surface area contributed by atoms with Crippen LogP contribution < -0.4 is 0 Å². The second kappa shape index (κ2) is 9.97. The number of hydrogen-bond acceptors (Lipinski definition) is 6. The molecule has 39 heavy (non-hydrogen) atoms. The average Bonchev–Trinajstić information content (AvgIpc) is 3.17. The maximum Gasteiger partial charge on any atom is 0.184 e. The van der Waals surface area contributed by atoms with Gasteiger partial charge < -0.3 is 15.3 Å². The number of hydrogen-bond donors (Lipinski definition) is 3. The van der Waals surface area contributed by atoms with E-state index in [4.69, 9.17) is 0 Å². The number of carbonyl (C=O) groups excluding carboxylic acids is 3. The standard InChI is InChI=1S/C33H42O6/c1-20(2)12-16-32(17-13-21(3)4)27(35)25(26(34)22-10-8-7-9-11-22)28(36)33(29(32)37)18-24-23(31(6,39)19-33)14-15-30(24,5)38/h7-13,23-24,34,38-39H,14-19H2,1-6H3/b26-25+/t23-,24-,30-,31+,33+/m0/s1. The molecule has 1 aromatic carbocycles. The third-order valence-electron chi connectivity index (χ3n) is 9.47. The lowest BCUT2D eigenvalue weighted by atomic mass is 9.47. The summed E-state index contributed by atoms with van der Waals surface area (Å²) in [5, 5.41) is 34.5. The molecule has 0 bridgehead atoms. The first-order valence-corrected chi connectivity index (χ1v) is 13.9. The molecule has 3 N–H and O–H groups in total. The minimum Gasteiger partial charge on any atom is -0.506 e. The van der Waals surface area contributed by atoms with E-state index >= 15 is 0 Å². The van der Waals surface area contributed by atoms with Crippen LogP contribution in [0, 0.1) is 22.7 Å². The molecule has 3 aliphatic rings. The zero-order valence-electron chi connectivity index (χ0n) is 24.0. The first-order chi connectivity index (χ1) is 18.1. The molecule has 6 nitrogen and oxygen atoms in total. The minimum absolute atomic E-state index is 0.0305. The maximum absolute atomic E-state index is 14.9. The molecular weight excluding hydrogens is 492 g/mol. The quantitative estimate of drug-likeness (QED) is 0.147. The van der Waals surface area contributed by atoms with Crippen LogP contribution >= 0.6 is 0 Å². The van der Waals surface area contributed by atoms with Gasteiger partial charge in [-0.1, -0.05) is 53.6 Å². The number of aliphatic hydroxyl groups excluding tert-OH is 1. The van der Waals surface area contributed by atoms with E-state index in [0.29, 0.717) is 18.4 Å². The lowest BCUT2D eigenvalue weighted by Gasteiger charge is -2.54. The van der Waals surface area contributed by atoms with Crippen LogP contribution in [0.4, 0.5) is 0 Å². The fourth-order valence-corrected chi connectivity index (χ4v) is 7.32. The molecule has 6 heteroatoms. The molecular formula is C33H42O6. The van der Waals surface area contributed by atoms with Gasteiger partial charge in [0.05, 0.1) is 16.6 Å². The van der Waals surface area contributed by atoms with E-state index in [1.807, 2.05) is 39.8 Å². The van der Waals surface area contributed by atoms with Gasteiger partial charge in [-0.3, -0.25) is 14.4 Å². The highest BCUT2D eigenvalue weighted by Crippen LogP contribution is 2.62. The highest BCUT2D eigenvalue weighted by molar-refractivity contribution is 6.41. The van der Waals surface area contributed by atoms with Crippen LogP contribution in [0.15, 0.2) is 59.2 Å². The molecule has 1 spiro atoms. The van der Waals surface area contributed by atoms with E-state index in [1.165, 1.54) is 0 Å². The molecule has 0 aromatic heterocycles. The molecule has 0 heterocycles. The largest absolute Gasteiger partial charge is 0.506 e. The molecule has 0 aliphatic heterocycles. The van der Waals surface area contributed by atoms with Crippen LogP contribution in [-0.4, -0.2) is 43.9 Å². The van der Waals surface area contributed by atoms with Gasteiger partial charge in [-0.25, -0.2) is 0 Å². The number of allylic oxidation sites excluding steroid dienone is 5. The molecule has 3 aliphatic carbocycles. The Morgan fingerprint density at radius 2 is 1.44 bits per heavy atom. The number of fused-ring (bicyclic) bond motifs is 1. The van der Waals surface area contributed by atoms with E-state index in [1.54, 1.807) is 44.2 Å². The molecule has 3 saturated carbocycles. The van der Waals surface area contributed by atoms with Gasteiger partial charge in [-0.05, 0) is 91.9 Å². The monoisotopic (exact) mass is 534 g/mol. The van der Waals surface area contributed by atoms with Crippen molar-refractivity contribution in [1.82, 2.24) is 0 Å². The van der Waals surface area contributed by atoms with Crippen molar-refractivity contribution in [3.05, 3.63) is 64.8 Å². The SMILES string of the molecule is CC(C)=CCC1(CC=C(C)C)C(=O)/C(=C(\O)c2ccccc2)C(=O)[C@]2(C[C@H]3[C@H](CC[C@]3(C)O)[C@](C)(O)C2)C1=O. The van der Waals surface area contributed by atoms with Crippen molar-refractivity contribution in [3.8, 4) is 0 Å². The summed E-state index contributed by atoms with van der Waals surface area (Å²) in [5.41, 5.74) is -4.19. The summed E-state index contributed by atoms with van der Waals surface area (Å²) in [4.78, 5) is 43.8. The minimum atomic E-state index is -1.75. The van der Waals surface area contributed by atoms with Crippen molar-refractivity contribution in [2.75, 3.05) is 0 Å². The Morgan fingerprint density at radius 1 is 0.872 bits per heavy atom. The predicted molar refractivity (Wildman–Crippen MR) is 151 cm³/mol. The van der Waals surface area contributed by atoms with Gasteiger partial charge in [-0.15, -0.1) is 0 Å². The highest BCUT2D eigenvalue weighted by Gasteiger charge is 2.70. The van der Waals surface area contributed by atoms with Crippen LogP contribution in [0.1, 0.15) is 85.6 Å². The van der Waals surface area contributed by atoms with Gasteiger partial charge in [0.1, 0.15) is 16.7 Å². The van der Waals surface area contributed by atoms with Gasteiger partial charge in [0.25, 0.3) is 0 Å². The molecule has 3 fully saturated rings. The Morgan fingerprint density at radius 3 is 1.97 bits per heavy atom. The number of Topliss-reactive ketones (excluding diaryl/α,β-unsaturated/α-hetero) is 3. The first kappa shape index (κ1) is 29.2. The van der Waals surface area contributed by atoms with Crippen molar-refractivity contribution < 1.29 is 29.7 Å². The normalized spacial score (nSPS) is 35.0. The second-order valence-corrected chi connectivity index (χ2v) is 13.1. The number of ketones is 3. The third-order valence-corrected chi connectivity index (χ3v) is 9.47. The van der Waals surface area contributed by atoms with E-state index < -0.39 is 51.1 Å². The van der Waals surface area contributed by atoms with Crippen molar-refractivity contribution in [2.24, 2.45) is 22.7 Å². The molecule has 0 radical (unpaired) electrons. The summed E-state index contributed by atoms with van der Waals surface area (Å²) in [5.74, 6) is -3.17. The average molecular weight is 535 g/mol. The zero-order chi connectivity index (χ0) is 29.0. The van der Waals surface area contributed by atoms with Crippen molar-refractivity contribution >= 4 is 23.1 Å². The summed E-state index contributed by atoms with van der Waals surface area (Å²) in [6.45, 7) is 10.9. The van der Waals surface area contributed by atoms with Crippen molar-refractivity contribution in [3.63, 3.8) is 0 Å². The molecule has 0 unspecified atom stereocenters. The van der Waals surface area contributed by atoms with Gasteiger partial charge in [0, 0.05) is 5.56 Å². The Kier molecular flexibility index (Phi) is 7.46. The number of benzene rings is 1. The topological polar surface area (TPSA) is 112 Å². The zero-order valence-corrected chi connectivity index (χ0v) is 24.0. The Hall–Kier alpha value is -2.83. The molecule has 0 saturated heterocycles. The van der Waals surface area contributed by atoms with Gasteiger partial charge in [0.15, 0.2) is 17.3 Å². The summed E-state index contributed by atoms with van der Waals surface area (Å²) in [6, 6.07) is 8.42. The summed E-state index contributed by atoms with van der Waals surface area (Å²) >= 11 is 0. The molecule has 4 rings (SSSR count). The fraction of sp³-hybridized carbons (Fsp3) is 0.545. The third kappa shape index (κ3) is 4.76. The fourth-order valence-electron chi connectivity index (χ4n) is 7.32. The number of aliphatic hydroxyl groups is 3. The smallest absolute Gasteiger partial charge is 0.184 e. The van der Waals surface area contributed by atoms with Crippen LogP contribution in [0.5, 0.6) is 0 Å². The van der Waals surface area contributed by atoms with Crippen LogP contribution in [0.3, 0.4) is 0 Å². The Balaban J connectivity index is 2.04. The van der Waals surface area contributed by atoms with E-state index in [9.17, 15) is 29.7 Å². The maximum atomic E-state index is 14.9. The highest BCUT2D eigenvalue weighted by atomic mass is 16.3. The lowest BCUT2D eigenvalue weighted by molar-refractivity contribution is -0.175. The molecule has 210 valence electrons. The van der Waals surface area contributed by atoms with Crippen molar-refractivity contribution in [2.45, 2.75) is 91.3 Å². The number of rotatable bonds is 5. The van der Waals surface area contributed by atoms with Crippen LogP contribution in [0.25, 0.3) is 5.76 Å². The van der Waals surface area contributed by atoms with Gasteiger partial charge >= 0.3 is 0 Å². The Bertz CT molecular complexity index is 1250. The van der Waals surface area contributed by atoms with Crippen LogP contribution in [0.2, 0.25) is 0 Å². The predicted octanol–water partition coefficient (Wildman–Crippen LogP) is 5.68. The van der Waals surface area contributed by atoms with Crippen molar-refractivity contribution in [1.29, 1.82) is 0 Å². The Labute approximate surface area is 231 Å². The summed E-state index contributed by atoms with van der Waals surface area (Å²) in [7, 11) is 0. The molecule has 1 aromatic rings. The van der Waals surface area contributed by atoms with E-state index in [0.717, 1.165) is 11.1 Å². The number of carbonyl (C=O) groups is 3. The summed E-state index contributed by atoms with van der Waals surface area (Å²) in [6.07, 6.45) is 4.74. The lowest BCUT2D eigenvalue weighted by Crippen LogP contribution is -2.65. The molecule has 5 atom stereocenters. The van der Waals surface area contributed by atoms with Gasteiger partial charge in [0.2, 0.25) is 0 Å². The van der Waals surface area contributed by atoms with E-state index in [-0.39, 0.29) is 37.2 Å². The second-order valence-electron chi connectivity index (χ2n) is 13.1. The van der Waals surface area contributed by atoms with Gasteiger partial charge in [-0.2, -0.15) is 0 Å². The van der Waals surface area contributed by atoms with Crippen LogP contribution in [-0.2, 0) is 14.4 Å². The van der Waals surface area contributed by atoms with E-state index in [2.05, 4.69) is 0 Å². The molecule has 0 amide bonds. The first-order valence-electron chi connectivity index (χ1n) is 13.9.